The molecule has 0 unspecified atom stereocenters. The van der Waals surface area contributed by atoms with Gasteiger partial charge in [0.1, 0.15) is 0 Å². The van der Waals surface area contributed by atoms with Crippen molar-refractivity contribution in [2.24, 2.45) is 0 Å². The van der Waals surface area contributed by atoms with Crippen molar-refractivity contribution in [1.29, 1.82) is 0 Å². The second-order valence-corrected chi connectivity index (χ2v) is 6.26. The number of carboxylic acid groups (broad SMARTS) is 1. The van der Waals surface area contributed by atoms with E-state index in [0.717, 1.165) is 28.9 Å². The van der Waals surface area contributed by atoms with Gasteiger partial charge in [-0.25, -0.2) is 9.69 Å². The highest BCUT2D eigenvalue weighted by Gasteiger charge is 2.26. The van der Waals surface area contributed by atoms with Gasteiger partial charge in [-0.3, -0.25) is 4.79 Å². The fraction of sp³-hybridized carbons (Fsp3) is 0.556. The molecule has 0 heterocycles. The van der Waals surface area contributed by atoms with Crippen molar-refractivity contribution in [3.8, 4) is 0 Å². The topological polar surface area (TPSA) is 57.6 Å². The lowest BCUT2D eigenvalue weighted by atomic mass is 9.81. The summed E-state index contributed by atoms with van der Waals surface area (Å²) in [5, 5.41) is 9.21. The van der Waals surface area contributed by atoms with Crippen molar-refractivity contribution >= 4 is 12.0 Å². The molecule has 119 valence electrons. The van der Waals surface area contributed by atoms with Crippen LogP contribution < -0.4 is 0 Å². The Balaban J connectivity index is 2.18. The number of carbonyl (C=O) groups is 2. The first-order valence-electron chi connectivity index (χ1n) is 8.05. The van der Waals surface area contributed by atoms with E-state index in [-0.39, 0.29) is 18.4 Å². The second kappa shape index (κ2) is 7.43. The van der Waals surface area contributed by atoms with Gasteiger partial charge in [-0.1, -0.05) is 37.5 Å². The molecular formula is C18H24NO3. The van der Waals surface area contributed by atoms with Crippen LogP contribution in [0.2, 0.25) is 0 Å². The predicted octanol–water partition coefficient (Wildman–Crippen LogP) is 3.99. The normalized spacial score (nSPS) is 15.8. The Bertz CT molecular complexity index is 533. The fourth-order valence-corrected chi connectivity index (χ4v) is 3.27. The molecule has 0 spiro atoms. The van der Waals surface area contributed by atoms with Crippen LogP contribution in [0.25, 0.3) is 0 Å². The van der Waals surface area contributed by atoms with Gasteiger partial charge < -0.3 is 5.11 Å². The molecule has 0 aliphatic heterocycles. The predicted molar refractivity (Wildman–Crippen MR) is 84.8 cm³/mol. The molecule has 1 fully saturated rings. The van der Waals surface area contributed by atoms with E-state index in [1.54, 1.807) is 13.8 Å². The Labute approximate surface area is 132 Å². The largest absolute Gasteiger partial charge is 0.465 e. The van der Waals surface area contributed by atoms with Crippen molar-refractivity contribution in [1.82, 2.24) is 4.90 Å². The first-order valence-corrected chi connectivity index (χ1v) is 8.05. The average Bonchev–Trinajstić information content (AvgIpc) is 2.48. The van der Waals surface area contributed by atoms with Crippen molar-refractivity contribution < 1.29 is 14.7 Å². The van der Waals surface area contributed by atoms with Gasteiger partial charge in [0.05, 0.1) is 6.42 Å². The SMILES string of the molecule is CC(C)N(C(=O)O)C(=O)Cc1ccc[c]c1C1CCCCC1. The van der Waals surface area contributed by atoms with Gasteiger partial charge in [0.2, 0.25) is 5.91 Å². The molecule has 4 nitrogen and oxygen atoms in total. The van der Waals surface area contributed by atoms with Crippen LogP contribution in [-0.2, 0) is 11.2 Å². The minimum atomic E-state index is -1.18. The van der Waals surface area contributed by atoms with E-state index < -0.39 is 6.09 Å². The van der Waals surface area contributed by atoms with Gasteiger partial charge in [0, 0.05) is 6.04 Å². The monoisotopic (exact) mass is 302 g/mol. The van der Waals surface area contributed by atoms with Crippen molar-refractivity contribution in [3.63, 3.8) is 0 Å². The quantitative estimate of drug-likeness (QED) is 0.914. The highest BCUT2D eigenvalue weighted by atomic mass is 16.4. The van der Waals surface area contributed by atoms with Crippen LogP contribution in [0.3, 0.4) is 0 Å². The lowest BCUT2D eigenvalue weighted by Gasteiger charge is -2.25. The molecule has 0 aromatic heterocycles. The Morgan fingerprint density at radius 1 is 1.32 bits per heavy atom. The van der Waals surface area contributed by atoms with E-state index in [0.29, 0.717) is 5.92 Å². The molecule has 0 atom stereocenters. The van der Waals surface area contributed by atoms with E-state index in [9.17, 15) is 14.7 Å². The lowest BCUT2D eigenvalue weighted by molar-refractivity contribution is -0.129. The first kappa shape index (κ1) is 16.5. The molecule has 1 aliphatic rings. The van der Waals surface area contributed by atoms with Crippen LogP contribution in [0.5, 0.6) is 0 Å². The number of hydrogen-bond acceptors (Lipinski definition) is 2. The Hall–Kier alpha value is -1.84. The molecule has 1 aromatic carbocycles. The molecule has 1 aromatic rings. The van der Waals surface area contributed by atoms with E-state index in [1.165, 1.54) is 19.3 Å². The minimum Gasteiger partial charge on any atom is -0.465 e. The zero-order valence-corrected chi connectivity index (χ0v) is 13.3. The van der Waals surface area contributed by atoms with Gasteiger partial charge in [-0.05, 0) is 49.8 Å². The lowest BCUT2D eigenvalue weighted by Crippen LogP contribution is -2.42. The van der Waals surface area contributed by atoms with Crippen LogP contribution in [0.4, 0.5) is 4.79 Å². The van der Waals surface area contributed by atoms with Gasteiger partial charge >= 0.3 is 6.09 Å². The number of imide groups is 1. The maximum absolute atomic E-state index is 12.4. The van der Waals surface area contributed by atoms with Gasteiger partial charge in [0.25, 0.3) is 0 Å². The third-order valence-corrected chi connectivity index (χ3v) is 4.32. The second-order valence-electron chi connectivity index (χ2n) is 6.26. The third-order valence-electron chi connectivity index (χ3n) is 4.32. The van der Waals surface area contributed by atoms with E-state index in [4.69, 9.17) is 0 Å². The summed E-state index contributed by atoms with van der Waals surface area (Å²) in [6.45, 7) is 3.43. The summed E-state index contributed by atoms with van der Waals surface area (Å²) in [5.41, 5.74) is 2.02. The fourth-order valence-electron chi connectivity index (χ4n) is 3.27. The minimum absolute atomic E-state index is 0.133. The maximum Gasteiger partial charge on any atom is 0.414 e. The molecule has 4 heteroatoms. The molecule has 1 aliphatic carbocycles. The molecule has 1 N–H and O–H groups in total. The van der Waals surface area contributed by atoms with Crippen LogP contribution in [-0.4, -0.2) is 28.0 Å². The van der Waals surface area contributed by atoms with E-state index >= 15 is 0 Å². The summed E-state index contributed by atoms with van der Waals surface area (Å²) in [6.07, 6.45) is 4.93. The number of benzene rings is 1. The molecule has 1 radical (unpaired) electrons. The third kappa shape index (κ3) is 3.87. The summed E-state index contributed by atoms with van der Waals surface area (Å²) in [6, 6.07) is 8.62. The zero-order chi connectivity index (χ0) is 16.1. The van der Waals surface area contributed by atoms with Gasteiger partial charge in [-0.15, -0.1) is 0 Å². The van der Waals surface area contributed by atoms with E-state index in [1.807, 2.05) is 18.2 Å². The van der Waals surface area contributed by atoms with Crippen LogP contribution in [0.1, 0.15) is 63.0 Å². The summed E-state index contributed by atoms with van der Waals surface area (Å²) in [7, 11) is 0. The average molecular weight is 302 g/mol. The Morgan fingerprint density at radius 3 is 2.59 bits per heavy atom. The summed E-state index contributed by atoms with van der Waals surface area (Å²) >= 11 is 0. The number of amides is 2. The maximum atomic E-state index is 12.4. The summed E-state index contributed by atoms with van der Waals surface area (Å²) in [5.74, 6) is 0.0919. The highest BCUT2D eigenvalue weighted by molar-refractivity contribution is 5.92. The van der Waals surface area contributed by atoms with Crippen LogP contribution in [0, 0.1) is 6.07 Å². The van der Waals surface area contributed by atoms with E-state index in [2.05, 4.69) is 6.07 Å². The smallest absolute Gasteiger partial charge is 0.414 e. The van der Waals surface area contributed by atoms with Crippen LogP contribution in [0.15, 0.2) is 18.2 Å². The molecular weight excluding hydrogens is 278 g/mol. The van der Waals surface area contributed by atoms with Crippen molar-refractivity contribution in [3.05, 3.63) is 35.4 Å². The zero-order valence-electron chi connectivity index (χ0n) is 13.3. The highest BCUT2D eigenvalue weighted by Crippen LogP contribution is 2.34. The van der Waals surface area contributed by atoms with Crippen LogP contribution >= 0.6 is 0 Å². The molecule has 0 bridgehead atoms. The molecule has 0 saturated heterocycles. The standard InChI is InChI=1S/C18H24NO3/c1-13(2)19(18(21)22)17(20)12-15-10-6-7-11-16(15)14-8-4-3-5-9-14/h6-7,10,13-14H,3-5,8-9,12H2,1-2H3,(H,21,22). The molecule has 2 rings (SSSR count). The summed E-state index contributed by atoms with van der Waals surface area (Å²) in [4.78, 5) is 24.5. The number of hydrogen-bond donors (Lipinski definition) is 1. The molecule has 1 saturated carbocycles. The summed E-state index contributed by atoms with van der Waals surface area (Å²) < 4.78 is 0. The number of nitrogens with zero attached hydrogens (tertiary/aromatic N) is 1. The number of carbonyl (C=O) groups excluding carboxylic acids is 1. The Kier molecular flexibility index (Phi) is 5.58. The van der Waals surface area contributed by atoms with Gasteiger partial charge in [-0.2, -0.15) is 0 Å². The Morgan fingerprint density at radius 2 is 2.00 bits per heavy atom. The first-order chi connectivity index (χ1) is 10.5. The van der Waals surface area contributed by atoms with Crippen molar-refractivity contribution in [2.45, 2.75) is 64.3 Å². The molecule has 22 heavy (non-hydrogen) atoms. The molecule has 2 amide bonds. The van der Waals surface area contributed by atoms with Crippen molar-refractivity contribution in [2.75, 3.05) is 0 Å². The van der Waals surface area contributed by atoms with Gasteiger partial charge in [0.15, 0.2) is 0 Å². The number of rotatable bonds is 4.